The number of H-pyrrole nitrogens is 1. The van der Waals surface area contributed by atoms with Gasteiger partial charge >= 0.3 is 6.01 Å². The second kappa shape index (κ2) is 4.03. The van der Waals surface area contributed by atoms with E-state index in [9.17, 15) is 0 Å². The summed E-state index contributed by atoms with van der Waals surface area (Å²) in [5.41, 5.74) is 1.09. The van der Waals surface area contributed by atoms with Crippen LogP contribution in [0.2, 0.25) is 5.15 Å². The van der Waals surface area contributed by atoms with E-state index in [0.717, 1.165) is 0 Å². The van der Waals surface area contributed by atoms with Crippen molar-refractivity contribution in [2.75, 3.05) is 0 Å². The lowest BCUT2D eigenvalue weighted by Gasteiger charge is -2.03. The van der Waals surface area contributed by atoms with E-state index in [0.29, 0.717) is 22.1 Å². The number of hydrogen-bond donors (Lipinski definition) is 1. The van der Waals surface area contributed by atoms with Gasteiger partial charge in [0.2, 0.25) is 0 Å². The van der Waals surface area contributed by atoms with Gasteiger partial charge in [-0.1, -0.05) is 29.8 Å². The number of imidazole rings is 1. The van der Waals surface area contributed by atoms with Crippen molar-refractivity contribution in [3.63, 3.8) is 0 Å². The molecule has 0 aliphatic carbocycles. The van der Waals surface area contributed by atoms with E-state index in [1.165, 1.54) is 6.33 Å². The maximum absolute atomic E-state index is 5.97. The average molecular weight is 247 g/mol. The van der Waals surface area contributed by atoms with Crippen LogP contribution in [0.3, 0.4) is 0 Å². The predicted molar refractivity (Wildman–Crippen MR) is 63.2 cm³/mol. The molecule has 1 N–H and O–H groups in total. The number of nitrogens with one attached hydrogen (secondary N) is 1. The monoisotopic (exact) mass is 246 g/mol. The van der Waals surface area contributed by atoms with Gasteiger partial charge in [-0.3, -0.25) is 0 Å². The van der Waals surface area contributed by atoms with Crippen molar-refractivity contribution in [1.82, 2.24) is 19.9 Å². The zero-order valence-electron chi connectivity index (χ0n) is 8.59. The van der Waals surface area contributed by atoms with Crippen molar-refractivity contribution in [2.24, 2.45) is 0 Å². The van der Waals surface area contributed by atoms with Gasteiger partial charge in [0.05, 0.1) is 6.33 Å². The third kappa shape index (κ3) is 1.92. The van der Waals surface area contributed by atoms with Crippen molar-refractivity contribution in [3.05, 3.63) is 41.8 Å². The van der Waals surface area contributed by atoms with Crippen molar-refractivity contribution < 1.29 is 4.74 Å². The summed E-state index contributed by atoms with van der Waals surface area (Å²) in [6, 6.07) is 9.43. The second-order valence-corrected chi connectivity index (χ2v) is 3.67. The quantitative estimate of drug-likeness (QED) is 0.706. The highest BCUT2D eigenvalue weighted by Gasteiger charge is 2.09. The highest BCUT2D eigenvalue weighted by atomic mass is 35.5. The number of benzene rings is 1. The van der Waals surface area contributed by atoms with Gasteiger partial charge < -0.3 is 9.72 Å². The zero-order chi connectivity index (χ0) is 11.7. The first-order chi connectivity index (χ1) is 8.33. The molecule has 2 heterocycles. The average Bonchev–Trinajstić information content (AvgIpc) is 2.79. The number of nitrogens with zero attached hydrogens (tertiary/aromatic N) is 3. The van der Waals surface area contributed by atoms with Crippen LogP contribution in [0, 0.1) is 0 Å². The Morgan fingerprint density at radius 1 is 1.12 bits per heavy atom. The fourth-order valence-corrected chi connectivity index (χ4v) is 1.63. The lowest BCUT2D eigenvalue weighted by atomic mass is 10.3. The molecule has 0 atom stereocenters. The van der Waals surface area contributed by atoms with E-state index < -0.39 is 0 Å². The first-order valence-corrected chi connectivity index (χ1v) is 5.30. The summed E-state index contributed by atoms with van der Waals surface area (Å²) in [4.78, 5) is 15.0. The van der Waals surface area contributed by atoms with Crippen molar-refractivity contribution >= 4 is 22.8 Å². The van der Waals surface area contributed by atoms with Crippen LogP contribution in [0.1, 0.15) is 0 Å². The number of hydrogen-bond acceptors (Lipinski definition) is 4. The fourth-order valence-electron chi connectivity index (χ4n) is 1.42. The fraction of sp³-hybridized carbons (Fsp3) is 0. The topological polar surface area (TPSA) is 63.7 Å². The van der Waals surface area contributed by atoms with E-state index in [1.807, 2.05) is 30.3 Å². The normalized spacial score (nSPS) is 10.6. The molecular weight excluding hydrogens is 240 g/mol. The molecule has 1 aromatic carbocycles. The first kappa shape index (κ1) is 10.0. The van der Waals surface area contributed by atoms with Gasteiger partial charge in [0, 0.05) is 0 Å². The van der Waals surface area contributed by atoms with Gasteiger partial charge in [0.1, 0.15) is 11.3 Å². The molecule has 3 rings (SSSR count). The SMILES string of the molecule is Clc1nc(Oc2ccccc2)nc2nc[nH]c12. The minimum Gasteiger partial charge on any atom is -0.424 e. The number of para-hydroxylation sites is 1. The summed E-state index contributed by atoms with van der Waals surface area (Å²) in [5.74, 6) is 0.651. The Labute approximate surface area is 101 Å². The summed E-state index contributed by atoms with van der Waals surface area (Å²) in [5, 5.41) is 0.290. The van der Waals surface area contributed by atoms with Crippen molar-refractivity contribution in [3.8, 4) is 11.8 Å². The standard InChI is InChI=1S/C11H7ClN4O/c12-9-8-10(14-6-13-8)16-11(15-9)17-7-4-2-1-3-5-7/h1-6H,(H,13,14,15,16). The first-order valence-electron chi connectivity index (χ1n) is 4.92. The van der Waals surface area contributed by atoms with Crippen LogP contribution in [0.5, 0.6) is 11.8 Å². The number of ether oxygens (including phenoxy) is 1. The predicted octanol–water partition coefficient (Wildman–Crippen LogP) is 2.80. The van der Waals surface area contributed by atoms with Crippen LogP contribution in [0.4, 0.5) is 0 Å². The van der Waals surface area contributed by atoms with Crippen molar-refractivity contribution in [1.29, 1.82) is 0 Å². The Hall–Kier alpha value is -2.14. The molecule has 0 spiro atoms. The van der Waals surface area contributed by atoms with Crippen molar-refractivity contribution in [2.45, 2.75) is 0 Å². The summed E-state index contributed by atoms with van der Waals surface area (Å²) in [6.07, 6.45) is 1.51. The molecule has 0 aliphatic rings. The Morgan fingerprint density at radius 3 is 2.76 bits per heavy atom. The Kier molecular flexibility index (Phi) is 2.38. The third-order valence-corrected chi connectivity index (χ3v) is 2.45. The van der Waals surface area contributed by atoms with E-state index in [4.69, 9.17) is 16.3 Å². The zero-order valence-corrected chi connectivity index (χ0v) is 9.35. The van der Waals surface area contributed by atoms with E-state index in [-0.39, 0.29) is 6.01 Å². The molecule has 0 bridgehead atoms. The Morgan fingerprint density at radius 2 is 1.94 bits per heavy atom. The maximum atomic E-state index is 5.97. The molecule has 0 radical (unpaired) electrons. The highest BCUT2D eigenvalue weighted by molar-refractivity contribution is 6.33. The van der Waals surface area contributed by atoms with Gasteiger partial charge in [0.25, 0.3) is 0 Å². The molecular formula is C11H7ClN4O. The molecule has 0 fully saturated rings. The summed E-state index contributed by atoms with van der Waals surface area (Å²) >= 11 is 5.97. The third-order valence-electron chi connectivity index (χ3n) is 2.17. The largest absolute Gasteiger partial charge is 0.424 e. The summed E-state index contributed by atoms with van der Waals surface area (Å²) < 4.78 is 5.48. The molecule has 0 saturated heterocycles. The molecule has 0 saturated carbocycles. The van der Waals surface area contributed by atoms with Crippen LogP contribution in [-0.4, -0.2) is 19.9 Å². The van der Waals surface area contributed by atoms with Crippen LogP contribution < -0.4 is 4.74 Å². The number of aromatic amines is 1. The molecule has 17 heavy (non-hydrogen) atoms. The minimum atomic E-state index is 0.181. The van der Waals surface area contributed by atoms with Gasteiger partial charge in [-0.25, -0.2) is 4.98 Å². The summed E-state index contributed by atoms with van der Waals surface area (Å²) in [7, 11) is 0. The molecule has 3 aromatic rings. The molecule has 5 nitrogen and oxygen atoms in total. The highest BCUT2D eigenvalue weighted by Crippen LogP contribution is 2.22. The van der Waals surface area contributed by atoms with Gasteiger partial charge in [0.15, 0.2) is 10.8 Å². The lowest BCUT2D eigenvalue weighted by Crippen LogP contribution is -1.93. The Bertz CT molecular complexity index is 653. The van der Waals surface area contributed by atoms with E-state index in [2.05, 4.69) is 19.9 Å². The molecule has 0 aliphatic heterocycles. The molecule has 6 heteroatoms. The maximum Gasteiger partial charge on any atom is 0.325 e. The molecule has 0 unspecified atom stereocenters. The Balaban J connectivity index is 2.01. The number of fused-ring (bicyclic) bond motifs is 1. The van der Waals surface area contributed by atoms with E-state index >= 15 is 0 Å². The lowest BCUT2D eigenvalue weighted by molar-refractivity contribution is 0.444. The van der Waals surface area contributed by atoms with Crippen LogP contribution in [-0.2, 0) is 0 Å². The van der Waals surface area contributed by atoms with Gasteiger partial charge in [-0.2, -0.15) is 9.97 Å². The second-order valence-electron chi connectivity index (χ2n) is 3.31. The molecule has 2 aromatic heterocycles. The van der Waals surface area contributed by atoms with E-state index in [1.54, 1.807) is 0 Å². The molecule has 0 amide bonds. The molecule has 84 valence electrons. The summed E-state index contributed by atoms with van der Waals surface area (Å²) in [6.45, 7) is 0. The number of aromatic nitrogens is 4. The number of halogens is 1. The van der Waals surface area contributed by atoms with Gasteiger partial charge in [-0.05, 0) is 12.1 Å². The smallest absolute Gasteiger partial charge is 0.325 e. The number of rotatable bonds is 2. The minimum absolute atomic E-state index is 0.181. The van der Waals surface area contributed by atoms with Crippen LogP contribution in [0.25, 0.3) is 11.2 Å². The van der Waals surface area contributed by atoms with Crippen LogP contribution >= 0.6 is 11.6 Å². The van der Waals surface area contributed by atoms with Crippen LogP contribution in [0.15, 0.2) is 36.7 Å². The van der Waals surface area contributed by atoms with Gasteiger partial charge in [-0.15, -0.1) is 0 Å².